The molecule has 0 saturated heterocycles. The standard InChI is InChI=1S/C16H31NO4.C6H15NO3/c1-3-4-5-6-7-8-9-10-11-12-14(19)17-15(13(2)18)16(20)21;8-4-1-7(2-5-9)3-6-10/h13,15,18H,3-12H2,1-2H3,(H,17,19)(H,20,21);8-10H,1-6H2/t13-,15+;/m1./s1. The zero-order valence-corrected chi connectivity index (χ0v) is 19.5. The van der Waals surface area contributed by atoms with Gasteiger partial charge in [-0.15, -0.1) is 0 Å². The molecule has 0 unspecified atom stereocenters. The van der Waals surface area contributed by atoms with E-state index in [1.54, 1.807) is 4.90 Å². The van der Waals surface area contributed by atoms with Crippen LogP contribution in [0.15, 0.2) is 0 Å². The van der Waals surface area contributed by atoms with Gasteiger partial charge in [0.25, 0.3) is 0 Å². The Hall–Kier alpha value is -1.26. The highest BCUT2D eigenvalue weighted by Crippen LogP contribution is 2.10. The first-order valence-electron chi connectivity index (χ1n) is 11.6. The number of hydrogen-bond acceptors (Lipinski definition) is 7. The fraction of sp³-hybridized carbons (Fsp3) is 0.909. The normalized spacial score (nSPS) is 12.7. The molecule has 0 aromatic rings. The van der Waals surface area contributed by atoms with Gasteiger partial charge in [0.1, 0.15) is 0 Å². The van der Waals surface area contributed by atoms with E-state index in [0.29, 0.717) is 26.1 Å². The Balaban J connectivity index is 0. The molecule has 31 heavy (non-hydrogen) atoms. The van der Waals surface area contributed by atoms with Crippen molar-refractivity contribution in [3.8, 4) is 0 Å². The molecule has 0 radical (unpaired) electrons. The summed E-state index contributed by atoms with van der Waals surface area (Å²) in [6, 6.07) is -1.21. The Bertz CT molecular complexity index is 408. The van der Waals surface area contributed by atoms with Crippen LogP contribution in [-0.2, 0) is 9.59 Å². The number of aliphatic hydroxyl groups is 4. The van der Waals surface area contributed by atoms with Gasteiger partial charge in [0.2, 0.25) is 5.91 Å². The van der Waals surface area contributed by atoms with Gasteiger partial charge in [-0.2, -0.15) is 0 Å². The summed E-state index contributed by atoms with van der Waals surface area (Å²) in [6.45, 7) is 5.32. The fourth-order valence-electron chi connectivity index (χ4n) is 2.99. The van der Waals surface area contributed by atoms with Crippen LogP contribution in [0, 0.1) is 0 Å². The molecule has 0 rings (SSSR count). The fourth-order valence-corrected chi connectivity index (χ4v) is 2.99. The van der Waals surface area contributed by atoms with E-state index in [0.717, 1.165) is 19.3 Å². The number of nitrogens with zero attached hydrogens (tertiary/aromatic N) is 1. The van der Waals surface area contributed by atoms with Gasteiger partial charge in [0, 0.05) is 26.1 Å². The maximum absolute atomic E-state index is 11.6. The molecule has 9 heteroatoms. The number of rotatable bonds is 19. The molecule has 2 atom stereocenters. The van der Waals surface area contributed by atoms with E-state index >= 15 is 0 Å². The van der Waals surface area contributed by atoms with Crippen molar-refractivity contribution in [1.29, 1.82) is 0 Å². The molecular weight excluding hydrogens is 404 g/mol. The molecule has 0 bridgehead atoms. The second kappa shape index (κ2) is 23.4. The molecule has 0 aliphatic heterocycles. The molecule has 9 nitrogen and oxygen atoms in total. The summed E-state index contributed by atoms with van der Waals surface area (Å²) in [5.41, 5.74) is 0. The highest BCUT2D eigenvalue weighted by molar-refractivity contribution is 5.83. The molecule has 6 N–H and O–H groups in total. The Labute approximate surface area is 187 Å². The first kappa shape index (κ1) is 31.9. The van der Waals surface area contributed by atoms with E-state index in [4.69, 9.17) is 20.4 Å². The van der Waals surface area contributed by atoms with E-state index in [1.165, 1.54) is 45.4 Å². The predicted octanol–water partition coefficient (Wildman–Crippen LogP) is 1.12. The van der Waals surface area contributed by atoms with Crippen LogP contribution < -0.4 is 5.32 Å². The highest BCUT2D eigenvalue weighted by atomic mass is 16.4. The van der Waals surface area contributed by atoms with E-state index in [-0.39, 0.29) is 25.7 Å². The smallest absolute Gasteiger partial charge is 0.328 e. The molecule has 0 spiro atoms. The molecule has 0 aromatic heterocycles. The number of carbonyl (C=O) groups excluding carboxylic acids is 1. The Morgan fingerprint density at radius 3 is 1.58 bits per heavy atom. The van der Waals surface area contributed by atoms with Crippen LogP contribution in [0.25, 0.3) is 0 Å². The highest BCUT2D eigenvalue weighted by Gasteiger charge is 2.24. The van der Waals surface area contributed by atoms with E-state index in [9.17, 15) is 14.7 Å². The van der Waals surface area contributed by atoms with Crippen LogP contribution in [0.2, 0.25) is 0 Å². The summed E-state index contributed by atoms with van der Waals surface area (Å²) >= 11 is 0. The second-order valence-corrected chi connectivity index (χ2v) is 7.71. The van der Waals surface area contributed by atoms with Crippen LogP contribution in [0.3, 0.4) is 0 Å². The minimum atomic E-state index is -1.21. The second-order valence-electron chi connectivity index (χ2n) is 7.71. The SMILES string of the molecule is CCCCCCCCCCCC(=O)N[C@H](C(=O)O)[C@@H](C)O.OCCN(CCO)CCO. The lowest BCUT2D eigenvalue weighted by molar-refractivity contribution is -0.144. The number of carboxylic acid groups (broad SMARTS) is 1. The molecular formula is C22H46N2O7. The van der Waals surface area contributed by atoms with Gasteiger partial charge in [-0.05, 0) is 13.3 Å². The third-order valence-electron chi connectivity index (χ3n) is 4.82. The van der Waals surface area contributed by atoms with Crippen molar-refractivity contribution in [2.24, 2.45) is 0 Å². The van der Waals surface area contributed by atoms with Crippen LogP contribution >= 0.6 is 0 Å². The van der Waals surface area contributed by atoms with E-state index < -0.39 is 18.1 Å². The third-order valence-corrected chi connectivity index (χ3v) is 4.82. The van der Waals surface area contributed by atoms with E-state index in [2.05, 4.69) is 12.2 Å². The molecule has 186 valence electrons. The number of carbonyl (C=O) groups is 2. The molecule has 0 heterocycles. The summed E-state index contributed by atoms with van der Waals surface area (Å²) in [5, 5.41) is 45.9. The maximum atomic E-state index is 11.6. The summed E-state index contributed by atoms with van der Waals surface area (Å²) in [4.78, 5) is 24.2. The number of unbranched alkanes of at least 4 members (excludes halogenated alkanes) is 8. The van der Waals surface area contributed by atoms with Gasteiger partial charge in [0.05, 0.1) is 25.9 Å². The quantitative estimate of drug-likeness (QED) is 0.160. The van der Waals surface area contributed by atoms with Gasteiger partial charge in [0.15, 0.2) is 6.04 Å². The first-order valence-corrected chi connectivity index (χ1v) is 11.6. The maximum Gasteiger partial charge on any atom is 0.328 e. The van der Waals surface area contributed by atoms with Crippen LogP contribution in [0.1, 0.15) is 78.1 Å². The topological polar surface area (TPSA) is 151 Å². The number of hydrogen-bond donors (Lipinski definition) is 6. The molecule has 0 aliphatic carbocycles. The van der Waals surface area contributed by atoms with Gasteiger partial charge in [-0.3, -0.25) is 9.69 Å². The minimum Gasteiger partial charge on any atom is -0.480 e. The first-order chi connectivity index (χ1) is 14.8. The van der Waals surface area contributed by atoms with Crippen molar-refractivity contribution >= 4 is 11.9 Å². The Morgan fingerprint density at radius 2 is 1.23 bits per heavy atom. The number of carboxylic acids is 1. The van der Waals surface area contributed by atoms with Gasteiger partial charge < -0.3 is 30.8 Å². The number of amides is 1. The van der Waals surface area contributed by atoms with Crippen LogP contribution in [0.5, 0.6) is 0 Å². The molecule has 0 saturated carbocycles. The third kappa shape index (κ3) is 21.7. The average molecular weight is 451 g/mol. The number of aliphatic carboxylic acids is 1. The lowest BCUT2D eigenvalue weighted by Gasteiger charge is -2.17. The van der Waals surface area contributed by atoms with Gasteiger partial charge >= 0.3 is 5.97 Å². The van der Waals surface area contributed by atoms with E-state index in [1.807, 2.05) is 0 Å². The zero-order chi connectivity index (χ0) is 23.9. The number of nitrogens with one attached hydrogen (secondary N) is 1. The summed E-state index contributed by atoms with van der Waals surface area (Å²) in [7, 11) is 0. The van der Waals surface area contributed by atoms with Crippen molar-refractivity contribution in [1.82, 2.24) is 10.2 Å². The lowest BCUT2D eigenvalue weighted by Crippen LogP contribution is -2.47. The largest absolute Gasteiger partial charge is 0.480 e. The van der Waals surface area contributed by atoms with Crippen LogP contribution in [0.4, 0.5) is 0 Å². The van der Waals surface area contributed by atoms with Gasteiger partial charge in [-0.1, -0.05) is 58.3 Å². The van der Waals surface area contributed by atoms with Gasteiger partial charge in [-0.25, -0.2) is 4.79 Å². The molecule has 0 aromatic carbocycles. The lowest BCUT2D eigenvalue weighted by atomic mass is 10.1. The molecule has 1 amide bonds. The summed E-state index contributed by atoms with van der Waals surface area (Å²) in [6.07, 6.45) is 9.77. The van der Waals surface area contributed by atoms with Crippen molar-refractivity contribution in [3.05, 3.63) is 0 Å². The Kier molecular flexibility index (Phi) is 24.1. The zero-order valence-electron chi connectivity index (χ0n) is 19.5. The van der Waals surface area contributed by atoms with Crippen molar-refractivity contribution in [2.45, 2.75) is 90.2 Å². The summed E-state index contributed by atoms with van der Waals surface area (Å²) < 4.78 is 0. The minimum absolute atomic E-state index is 0.0694. The predicted molar refractivity (Wildman–Crippen MR) is 121 cm³/mol. The van der Waals surface area contributed by atoms with Crippen molar-refractivity contribution < 1.29 is 35.1 Å². The number of aliphatic hydroxyl groups excluding tert-OH is 4. The molecule has 0 aliphatic rings. The Morgan fingerprint density at radius 1 is 0.806 bits per heavy atom. The summed E-state index contributed by atoms with van der Waals surface area (Å²) in [5.74, 6) is -1.50. The van der Waals surface area contributed by atoms with Crippen LogP contribution in [-0.4, -0.2) is 93.9 Å². The average Bonchev–Trinajstić information content (AvgIpc) is 2.71. The van der Waals surface area contributed by atoms with Crippen molar-refractivity contribution in [3.63, 3.8) is 0 Å². The monoisotopic (exact) mass is 450 g/mol. The van der Waals surface area contributed by atoms with Crippen molar-refractivity contribution in [2.75, 3.05) is 39.5 Å². The molecule has 0 fully saturated rings.